The summed E-state index contributed by atoms with van der Waals surface area (Å²) in [7, 11) is 3.76. The molecule has 2 saturated heterocycles. The van der Waals surface area contributed by atoms with Crippen LogP contribution in [-0.4, -0.2) is 96.0 Å². The maximum Gasteiger partial charge on any atom is 0.320 e. The van der Waals surface area contributed by atoms with Gasteiger partial charge in [-0.15, -0.1) is 11.3 Å². The van der Waals surface area contributed by atoms with Gasteiger partial charge in [-0.05, 0) is 73.8 Å². The third-order valence-corrected chi connectivity index (χ3v) is 11.0. The van der Waals surface area contributed by atoms with E-state index in [4.69, 9.17) is 5.73 Å². The van der Waals surface area contributed by atoms with Crippen LogP contribution < -0.4 is 5.73 Å². The van der Waals surface area contributed by atoms with Crippen molar-refractivity contribution in [1.82, 2.24) is 19.6 Å². The van der Waals surface area contributed by atoms with Gasteiger partial charge >= 0.3 is 6.03 Å². The summed E-state index contributed by atoms with van der Waals surface area (Å²) in [6, 6.07) is 10.3. The van der Waals surface area contributed by atoms with E-state index in [9.17, 15) is 14.0 Å². The number of likely N-dealkylation sites (tertiary alicyclic amines) is 2. The SMILES string of the molecule is CN(C(=O)c1ccc(-c2ccc(F)cc2)s1)[C@H]1CCN(C(=O)N(C)[C@@H]2CCN(C3(CN)CCC(C)(C)CC3)C2)C1. The number of hydrogen-bond acceptors (Lipinski definition) is 5. The largest absolute Gasteiger partial charge is 0.336 e. The Kier molecular flexibility index (Phi) is 8.28. The lowest BCUT2D eigenvalue weighted by Gasteiger charge is -2.48. The van der Waals surface area contributed by atoms with E-state index in [1.54, 1.807) is 17.0 Å². The van der Waals surface area contributed by atoms with Crippen LogP contribution in [0.3, 0.4) is 0 Å². The fraction of sp³-hybridized carbons (Fsp3) is 0.613. The first kappa shape index (κ1) is 29.0. The van der Waals surface area contributed by atoms with Gasteiger partial charge in [0.05, 0.1) is 10.9 Å². The Morgan fingerprint density at radius 1 is 0.950 bits per heavy atom. The second-order valence-electron chi connectivity index (χ2n) is 12.9. The minimum absolute atomic E-state index is 0.0209. The average Bonchev–Trinajstić information content (AvgIpc) is 3.73. The highest BCUT2D eigenvalue weighted by molar-refractivity contribution is 7.17. The normalized spacial score (nSPS) is 24.3. The fourth-order valence-electron chi connectivity index (χ4n) is 6.70. The Morgan fingerprint density at radius 3 is 2.27 bits per heavy atom. The summed E-state index contributed by atoms with van der Waals surface area (Å²) in [5.74, 6) is -0.319. The lowest BCUT2D eigenvalue weighted by Crippen LogP contribution is -2.56. The molecule has 2 aromatic rings. The molecule has 40 heavy (non-hydrogen) atoms. The van der Waals surface area contributed by atoms with Gasteiger partial charge in [0.15, 0.2) is 0 Å². The smallest absolute Gasteiger partial charge is 0.320 e. The molecule has 5 rings (SSSR count). The number of rotatable bonds is 6. The molecule has 9 heteroatoms. The van der Waals surface area contributed by atoms with Crippen molar-refractivity contribution in [3.8, 4) is 10.4 Å². The molecule has 3 amide bonds. The summed E-state index contributed by atoms with van der Waals surface area (Å²) in [4.78, 5) is 36.6. The number of benzene rings is 1. The molecule has 0 radical (unpaired) electrons. The molecular formula is C31H44FN5O2S. The van der Waals surface area contributed by atoms with Gasteiger partial charge in [0, 0.05) is 63.3 Å². The van der Waals surface area contributed by atoms with Crippen molar-refractivity contribution >= 4 is 23.3 Å². The molecule has 218 valence electrons. The van der Waals surface area contributed by atoms with Gasteiger partial charge in [0.25, 0.3) is 5.91 Å². The van der Waals surface area contributed by atoms with Crippen LogP contribution in [0, 0.1) is 11.2 Å². The number of amides is 3. The Labute approximate surface area is 242 Å². The van der Waals surface area contributed by atoms with Crippen molar-refractivity contribution in [3.05, 3.63) is 47.1 Å². The second kappa shape index (κ2) is 11.4. The zero-order valence-electron chi connectivity index (χ0n) is 24.4. The maximum atomic E-state index is 13.5. The van der Waals surface area contributed by atoms with Crippen LogP contribution in [0.5, 0.6) is 0 Å². The minimum atomic E-state index is -0.277. The monoisotopic (exact) mass is 569 g/mol. The van der Waals surface area contributed by atoms with E-state index in [-0.39, 0.29) is 35.4 Å². The van der Waals surface area contributed by atoms with Crippen LogP contribution in [-0.2, 0) is 0 Å². The Hall–Kier alpha value is -2.49. The Bertz CT molecular complexity index is 1200. The number of nitrogens with zero attached hydrogens (tertiary/aromatic N) is 4. The third-order valence-electron chi connectivity index (χ3n) is 9.85. The average molecular weight is 570 g/mol. The fourth-order valence-corrected chi connectivity index (χ4v) is 7.70. The molecule has 0 bridgehead atoms. The number of carbonyl (C=O) groups is 2. The first-order valence-corrected chi connectivity index (χ1v) is 15.4. The zero-order chi connectivity index (χ0) is 28.7. The number of urea groups is 1. The summed E-state index contributed by atoms with van der Waals surface area (Å²) in [5.41, 5.74) is 7.70. The third kappa shape index (κ3) is 5.78. The van der Waals surface area contributed by atoms with E-state index in [0.717, 1.165) is 49.2 Å². The lowest BCUT2D eigenvalue weighted by atomic mass is 9.69. The van der Waals surface area contributed by atoms with Crippen LogP contribution >= 0.6 is 11.3 Å². The minimum Gasteiger partial charge on any atom is -0.336 e. The van der Waals surface area contributed by atoms with Crippen LogP contribution in [0.4, 0.5) is 9.18 Å². The zero-order valence-corrected chi connectivity index (χ0v) is 25.2. The van der Waals surface area contributed by atoms with E-state index in [1.165, 1.54) is 36.3 Å². The standard InChI is InChI=1S/C31H44FN5O2S/c1-30(2)13-15-31(21-33,16-14-30)37-18-12-25(20-37)35(4)29(39)36-17-11-24(19-36)34(3)28(38)27-10-9-26(40-27)22-5-7-23(32)8-6-22/h5-10,24-25H,11-21,33H2,1-4H3/t24-,25+/m0/s1. The van der Waals surface area contributed by atoms with Crippen LogP contribution in [0.2, 0.25) is 0 Å². The lowest BCUT2D eigenvalue weighted by molar-refractivity contribution is 0.0356. The van der Waals surface area contributed by atoms with Crippen molar-refractivity contribution in [2.24, 2.45) is 11.1 Å². The van der Waals surface area contributed by atoms with Crippen LogP contribution in [0.1, 0.15) is 62.0 Å². The van der Waals surface area contributed by atoms with E-state index in [0.29, 0.717) is 29.9 Å². The Morgan fingerprint density at radius 2 is 1.60 bits per heavy atom. The van der Waals surface area contributed by atoms with Gasteiger partial charge in [-0.25, -0.2) is 9.18 Å². The first-order chi connectivity index (χ1) is 19.0. The molecule has 1 aromatic heterocycles. The van der Waals surface area contributed by atoms with Gasteiger partial charge in [-0.1, -0.05) is 26.0 Å². The molecular weight excluding hydrogens is 525 g/mol. The molecule has 7 nitrogen and oxygen atoms in total. The topological polar surface area (TPSA) is 73.1 Å². The molecule has 2 aliphatic heterocycles. The molecule has 2 N–H and O–H groups in total. The molecule has 0 spiro atoms. The summed E-state index contributed by atoms with van der Waals surface area (Å²) in [6.07, 6.45) is 6.38. The highest BCUT2D eigenvalue weighted by Gasteiger charge is 2.45. The van der Waals surface area contributed by atoms with E-state index in [1.807, 2.05) is 36.0 Å². The number of likely N-dealkylation sites (N-methyl/N-ethyl adjacent to an activating group) is 2. The van der Waals surface area contributed by atoms with E-state index >= 15 is 0 Å². The first-order valence-electron chi connectivity index (χ1n) is 14.6. The number of halogens is 1. The molecule has 3 fully saturated rings. The highest BCUT2D eigenvalue weighted by atomic mass is 32.1. The van der Waals surface area contributed by atoms with E-state index < -0.39 is 0 Å². The van der Waals surface area contributed by atoms with Crippen molar-refractivity contribution in [1.29, 1.82) is 0 Å². The van der Waals surface area contributed by atoms with Gasteiger partial charge in [0.2, 0.25) is 0 Å². The summed E-state index contributed by atoms with van der Waals surface area (Å²) in [6.45, 7) is 8.44. The molecule has 3 heterocycles. The number of nitrogens with two attached hydrogens (primary N) is 1. The van der Waals surface area contributed by atoms with Crippen molar-refractivity contribution < 1.29 is 14.0 Å². The van der Waals surface area contributed by atoms with Crippen molar-refractivity contribution in [2.75, 3.05) is 46.8 Å². The molecule has 1 saturated carbocycles. The van der Waals surface area contributed by atoms with E-state index in [2.05, 4.69) is 18.7 Å². The van der Waals surface area contributed by atoms with Gasteiger partial charge in [0.1, 0.15) is 5.82 Å². The van der Waals surface area contributed by atoms with Crippen LogP contribution in [0.25, 0.3) is 10.4 Å². The number of thiophene rings is 1. The second-order valence-corrected chi connectivity index (χ2v) is 13.9. The Balaban J connectivity index is 1.15. The highest BCUT2D eigenvalue weighted by Crippen LogP contribution is 2.44. The summed E-state index contributed by atoms with van der Waals surface area (Å²) in [5, 5.41) is 0. The molecule has 1 aliphatic carbocycles. The molecule has 3 aliphatic rings. The van der Waals surface area contributed by atoms with Crippen molar-refractivity contribution in [3.63, 3.8) is 0 Å². The molecule has 1 aromatic carbocycles. The van der Waals surface area contributed by atoms with Gasteiger partial charge < -0.3 is 20.4 Å². The molecule has 2 atom stereocenters. The predicted molar refractivity (Wildman–Crippen MR) is 159 cm³/mol. The van der Waals surface area contributed by atoms with Gasteiger partial charge in [-0.2, -0.15) is 0 Å². The maximum absolute atomic E-state index is 13.5. The number of carbonyl (C=O) groups excluding carboxylic acids is 2. The molecule has 0 unspecified atom stereocenters. The predicted octanol–water partition coefficient (Wildman–Crippen LogP) is 5.12. The summed E-state index contributed by atoms with van der Waals surface area (Å²) < 4.78 is 13.3. The van der Waals surface area contributed by atoms with Crippen LogP contribution in [0.15, 0.2) is 36.4 Å². The van der Waals surface area contributed by atoms with Crippen molar-refractivity contribution in [2.45, 2.75) is 70.0 Å². The summed E-state index contributed by atoms with van der Waals surface area (Å²) >= 11 is 1.41. The quantitative estimate of drug-likeness (QED) is 0.524. The van der Waals surface area contributed by atoms with Gasteiger partial charge in [-0.3, -0.25) is 9.69 Å². The number of hydrogen-bond donors (Lipinski definition) is 1.